The first-order valence-electron chi connectivity index (χ1n) is 7.18. The van der Waals surface area contributed by atoms with Crippen LogP contribution in [0, 0.1) is 17.1 Å². The highest BCUT2D eigenvalue weighted by molar-refractivity contribution is 7.99. The normalized spacial score (nSPS) is 10.8. The molecule has 126 valence electrons. The molecule has 1 aromatic carbocycles. The van der Waals surface area contributed by atoms with E-state index in [2.05, 4.69) is 9.97 Å². The number of aryl methyl sites for hydroxylation is 1. The molecule has 0 fully saturated rings. The van der Waals surface area contributed by atoms with Gasteiger partial charge in [0.2, 0.25) is 0 Å². The minimum atomic E-state index is -0.557. The Hall–Kier alpha value is -2.99. The maximum atomic E-state index is 14.1. The lowest BCUT2D eigenvalue weighted by Gasteiger charge is -2.11. The van der Waals surface area contributed by atoms with Gasteiger partial charge in [-0.3, -0.25) is 13.9 Å². The van der Waals surface area contributed by atoms with Gasteiger partial charge in [0.05, 0.1) is 17.4 Å². The zero-order valence-electron chi connectivity index (χ0n) is 13.4. The van der Waals surface area contributed by atoms with Gasteiger partial charge in [0.15, 0.2) is 11.5 Å². The van der Waals surface area contributed by atoms with Gasteiger partial charge in [-0.2, -0.15) is 5.26 Å². The summed E-state index contributed by atoms with van der Waals surface area (Å²) in [5.74, 6) is -0.421. The van der Waals surface area contributed by atoms with Crippen molar-refractivity contribution in [1.82, 2.24) is 19.1 Å². The van der Waals surface area contributed by atoms with Gasteiger partial charge in [-0.05, 0) is 12.1 Å². The van der Waals surface area contributed by atoms with Gasteiger partial charge in [-0.25, -0.2) is 19.2 Å². The van der Waals surface area contributed by atoms with Gasteiger partial charge in [0.1, 0.15) is 16.2 Å². The number of nitriles is 1. The Balaban J connectivity index is 2.44. The van der Waals surface area contributed by atoms with Crippen LogP contribution in [0.1, 0.15) is 0 Å². The van der Waals surface area contributed by atoms with Crippen LogP contribution >= 0.6 is 11.8 Å². The van der Waals surface area contributed by atoms with Gasteiger partial charge >= 0.3 is 5.69 Å². The average molecular weight is 357 g/mol. The molecular weight excluding hydrogens is 345 g/mol. The molecule has 0 aliphatic heterocycles. The molecule has 0 spiro atoms. The molecule has 0 N–H and O–H groups in total. The number of hydrogen-bond donors (Lipinski definition) is 0. The van der Waals surface area contributed by atoms with Crippen LogP contribution in [-0.4, -0.2) is 24.9 Å². The largest absolute Gasteiger partial charge is 0.332 e. The standard InChI is InChI=1S/C16H12FN5O2S/c1-21-13-11(15(23)22(2)16(21)24)14(25-8-7-18)20-12(19-13)9-5-3-4-6-10(9)17/h3-6H,8H2,1-2H3. The Morgan fingerprint density at radius 3 is 2.60 bits per heavy atom. The third kappa shape index (κ3) is 2.81. The van der Waals surface area contributed by atoms with Gasteiger partial charge in [-0.15, -0.1) is 0 Å². The number of nitrogens with zero attached hydrogens (tertiary/aromatic N) is 5. The van der Waals surface area contributed by atoms with Gasteiger partial charge in [0.25, 0.3) is 5.56 Å². The molecule has 7 nitrogen and oxygen atoms in total. The number of aromatic nitrogens is 4. The molecule has 0 amide bonds. The zero-order chi connectivity index (χ0) is 18.1. The molecule has 0 bridgehead atoms. The van der Waals surface area contributed by atoms with Gasteiger partial charge in [0, 0.05) is 14.1 Å². The van der Waals surface area contributed by atoms with Crippen molar-refractivity contribution in [3.8, 4) is 17.5 Å². The summed E-state index contributed by atoms with van der Waals surface area (Å²) in [6, 6.07) is 7.92. The number of hydrogen-bond acceptors (Lipinski definition) is 6. The smallest absolute Gasteiger partial charge is 0.280 e. The highest BCUT2D eigenvalue weighted by Crippen LogP contribution is 2.26. The van der Waals surface area contributed by atoms with Crippen LogP contribution < -0.4 is 11.2 Å². The molecule has 2 heterocycles. The maximum absolute atomic E-state index is 14.1. The zero-order valence-corrected chi connectivity index (χ0v) is 14.2. The Morgan fingerprint density at radius 2 is 1.92 bits per heavy atom. The summed E-state index contributed by atoms with van der Waals surface area (Å²) in [5.41, 5.74) is -0.858. The molecular formula is C16H12FN5O2S. The third-order valence-electron chi connectivity index (χ3n) is 3.65. The molecule has 0 unspecified atom stereocenters. The van der Waals surface area contributed by atoms with E-state index in [4.69, 9.17) is 5.26 Å². The summed E-state index contributed by atoms with van der Waals surface area (Å²) in [6.45, 7) is 0. The quantitative estimate of drug-likeness (QED) is 0.520. The molecule has 25 heavy (non-hydrogen) atoms. The summed E-state index contributed by atoms with van der Waals surface area (Å²) in [7, 11) is 2.83. The summed E-state index contributed by atoms with van der Waals surface area (Å²) in [4.78, 5) is 33.2. The Bertz CT molecular complexity index is 1150. The molecule has 0 radical (unpaired) electrons. The van der Waals surface area contributed by atoms with Crippen molar-refractivity contribution < 1.29 is 4.39 Å². The van der Waals surface area contributed by atoms with Crippen LogP contribution in [0.3, 0.4) is 0 Å². The van der Waals surface area contributed by atoms with Crippen molar-refractivity contribution in [2.75, 3.05) is 5.75 Å². The fraction of sp³-hybridized carbons (Fsp3) is 0.188. The second kappa shape index (κ2) is 6.49. The Morgan fingerprint density at radius 1 is 1.20 bits per heavy atom. The van der Waals surface area contributed by atoms with E-state index in [9.17, 15) is 14.0 Å². The molecule has 3 rings (SSSR count). The van der Waals surface area contributed by atoms with Gasteiger partial charge < -0.3 is 0 Å². The topological polar surface area (TPSA) is 93.6 Å². The maximum Gasteiger partial charge on any atom is 0.332 e. The number of thioether (sulfide) groups is 1. The van der Waals surface area contributed by atoms with Crippen molar-refractivity contribution >= 4 is 22.8 Å². The molecule has 0 aliphatic carbocycles. The van der Waals surface area contributed by atoms with Crippen molar-refractivity contribution in [2.24, 2.45) is 14.1 Å². The first-order chi connectivity index (χ1) is 12.0. The Kier molecular flexibility index (Phi) is 4.37. The van der Waals surface area contributed by atoms with E-state index >= 15 is 0 Å². The first kappa shape index (κ1) is 16.9. The van der Waals surface area contributed by atoms with Crippen molar-refractivity contribution in [2.45, 2.75) is 5.03 Å². The monoisotopic (exact) mass is 357 g/mol. The van der Waals surface area contributed by atoms with Crippen LogP contribution in [0.5, 0.6) is 0 Å². The average Bonchev–Trinajstić information content (AvgIpc) is 2.62. The molecule has 3 aromatic rings. The number of rotatable bonds is 3. The first-order valence-corrected chi connectivity index (χ1v) is 8.16. The molecule has 0 atom stereocenters. The third-order valence-corrected chi connectivity index (χ3v) is 4.50. The van der Waals surface area contributed by atoms with E-state index in [0.29, 0.717) is 0 Å². The number of fused-ring (bicyclic) bond motifs is 1. The molecule has 0 saturated heterocycles. The van der Waals surface area contributed by atoms with E-state index < -0.39 is 17.1 Å². The SMILES string of the molecule is Cn1c(=O)c2c(SCC#N)nc(-c3ccccc3F)nc2n(C)c1=O. The number of benzene rings is 1. The fourth-order valence-corrected chi connectivity index (χ4v) is 3.07. The molecule has 0 saturated carbocycles. The van der Waals surface area contributed by atoms with E-state index in [1.54, 1.807) is 6.07 Å². The minimum Gasteiger partial charge on any atom is -0.280 e. The summed E-state index contributed by atoms with van der Waals surface area (Å²) in [5, 5.41) is 9.21. The van der Waals surface area contributed by atoms with Gasteiger partial charge in [-0.1, -0.05) is 23.9 Å². The lowest BCUT2D eigenvalue weighted by molar-refractivity contribution is 0.629. The van der Waals surface area contributed by atoms with Crippen molar-refractivity contribution in [3.63, 3.8) is 0 Å². The second-order valence-corrected chi connectivity index (χ2v) is 6.15. The summed E-state index contributed by atoms with van der Waals surface area (Å²) in [6.07, 6.45) is 0. The molecule has 9 heteroatoms. The van der Waals surface area contributed by atoms with E-state index in [1.807, 2.05) is 6.07 Å². The lowest BCUT2D eigenvalue weighted by Crippen LogP contribution is -2.37. The fourth-order valence-electron chi connectivity index (χ4n) is 2.40. The van der Waals surface area contributed by atoms with E-state index in [1.165, 1.54) is 36.9 Å². The number of halogens is 1. The van der Waals surface area contributed by atoms with Crippen LogP contribution in [0.15, 0.2) is 38.9 Å². The van der Waals surface area contributed by atoms with Crippen molar-refractivity contribution in [1.29, 1.82) is 5.26 Å². The lowest BCUT2D eigenvalue weighted by atomic mass is 10.2. The molecule has 0 aliphatic rings. The van der Waals surface area contributed by atoms with Crippen LogP contribution in [0.2, 0.25) is 0 Å². The second-order valence-electron chi connectivity index (χ2n) is 5.18. The summed E-state index contributed by atoms with van der Waals surface area (Å²) >= 11 is 1.04. The highest BCUT2D eigenvalue weighted by atomic mass is 32.2. The summed E-state index contributed by atoms with van der Waals surface area (Å²) < 4.78 is 16.3. The van der Waals surface area contributed by atoms with E-state index in [-0.39, 0.29) is 33.2 Å². The van der Waals surface area contributed by atoms with Crippen LogP contribution in [0.25, 0.3) is 22.4 Å². The van der Waals surface area contributed by atoms with Crippen LogP contribution in [-0.2, 0) is 14.1 Å². The predicted molar refractivity (Wildman–Crippen MR) is 91.8 cm³/mol. The van der Waals surface area contributed by atoms with Crippen molar-refractivity contribution in [3.05, 3.63) is 50.9 Å². The van der Waals surface area contributed by atoms with Crippen LogP contribution in [0.4, 0.5) is 4.39 Å². The highest BCUT2D eigenvalue weighted by Gasteiger charge is 2.19. The molecule has 2 aromatic heterocycles. The van der Waals surface area contributed by atoms with E-state index in [0.717, 1.165) is 16.3 Å². The predicted octanol–water partition coefficient (Wildman–Crippen LogP) is 1.45. The minimum absolute atomic E-state index is 0.0503. The Labute approximate surface area is 145 Å².